The van der Waals surface area contributed by atoms with Gasteiger partial charge in [0, 0.05) is 7.05 Å². The predicted octanol–water partition coefficient (Wildman–Crippen LogP) is 3.17. The van der Waals surface area contributed by atoms with Crippen molar-refractivity contribution >= 4 is 17.8 Å². The topological polar surface area (TPSA) is 55.4 Å². The normalized spacial score (nSPS) is 11.1. The highest BCUT2D eigenvalue weighted by atomic mass is 16.5. The maximum atomic E-state index is 11.7. The fourth-order valence-corrected chi connectivity index (χ4v) is 2.57. The highest BCUT2D eigenvalue weighted by Crippen LogP contribution is 2.24. The summed E-state index contributed by atoms with van der Waals surface area (Å²) in [7, 11) is 3.29. The molecule has 24 heavy (non-hydrogen) atoms. The minimum absolute atomic E-state index is 0.390. The predicted molar refractivity (Wildman–Crippen MR) is 98.3 cm³/mol. The third-order valence-electron chi connectivity index (χ3n) is 3.94. The van der Waals surface area contributed by atoms with Crippen molar-refractivity contribution in [1.29, 1.82) is 0 Å². The van der Waals surface area contributed by atoms with Gasteiger partial charge in [-0.3, -0.25) is 9.59 Å². The lowest BCUT2D eigenvalue weighted by Crippen LogP contribution is -2.35. The van der Waals surface area contributed by atoms with Crippen LogP contribution >= 0.6 is 0 Å². The maximum Gasteiger partial charge on any atom is 0.250 e. The molecule has 0 bridgehead atoms. The van der Waals surface area contributed by atoms with Crippen LogP contribution in [0.4, 0.5) is 5.69 Å². The Morgan fingerprint density at radius 2 is 1.38 bits per heavy atom. The van der Waals surface area contributed by atoms with Gasteiger partial charge in [-0.25, -0.2) is 0 Å². The van der Waals surface area contributed by atoms with Crippen LogP contribution in [0.3, 0.4) is 0 Å². The molecule has 0 saturated heterocycles. The average molecular weight is 319 g/mol. The van der Waals surface area contributed by atoms with E-state index in [4.69, 9.17) is 4.74 Å². The first-order valence-corrected chi connectivity index (χ1v) is 7.57. The van der Waals surface area contributed by atoms with Crippen molar-refractivity contribution in [3.63, 3.8) is 0 Å². The van der Waals surface area contributed by atoms with Gasteiger partial charge in [-0.15, -0.1) is 0 Å². The molecule has 0 heterocycles. The monoisotopic (exact) mass is 319 g/mol. The summed E-state index contributed by atoms with van der Waals surface area (Å²) in [5.41, 5.74) is 2.82. The maximum absolute atomic E-state index is 11.7. The summed E-state index contributed by atoms with van der Waals surface area (Å²) < 4.78 is 5.13. The Bertz CT molecular complexity index is 944. The molecule has 3 rings (SSSR count). The number of anilines is 1. The molecular weight excluding hydrogens is 302 g/mol. The molecule has 4 heteroatoms. The number of hydrogen-bond acceptors (Lipinski definition) is 4. The first kappa shape index (κ1) is 15.7. The summed E-state index contributed by atoms with van der Waals surface area (Å²) in [5.74, 6) is 0.824. The van der Waals surface area contributed by atoms with Gasteiger partial charge in [0.25, 0.3) is 0 Å². The zero-order chi connectivity index (χ0) is 17.1. The number of hydrogen-bond donors (Lipinski definition) is 1. The lowest BCUT2D eigenvalue weighted by molar-refractivity contribution is 0.415. The van der Waals surface area contributed by atoms with Crippen molar-refractivity contribution in [2.45, 2.75) is 0 Å². The van der Waals surface area contributed by atoms with Gasteiger partial charge >= 0.3 is 0 Å². The van der Waals surface area contributed by atoms with Crippen molar-refractivity contribution in [3.05, 3.63) is 80.1 Å². The molecule has 0 aliphatic heterocycles. The standard InChI is InChI=1S/C20H17NO3/c1-21-18-17(19(22)20(18)23)15-9-5-13(6-10-15)3-4-14-7-11-16(24-2)12-8-14/h3-12,21H,1-2H3/b4-3+. The van der Waals surface area contributed by atoms with E-state index in [0.29, 0.717) is 11.3 Å². The fraction of sp³-hybridized carbons (Fsp3) is 0.100. The number of methoxy groups -OCH3 is 1. The van der Waals surface area contributed by atoms with Gasteiger partial charge in [0.1, 0.15) is 5.75 Å². The SMILES string of the molecule is CNc1c(-c2ccc(/C=C/c3ccc(OC)cc3)cc2)c(=O)c1=O. The second-order valence-electron chi connectivity index (χ2n) is 5.39. The summed E-state index contributed by atoms with van der Waals surface area (Å²) in [6.45, 7) is 0. The van der Waals surface area contributed by atoms with Crippen LogP contribution in [0.1, 0.15) is 11.1 Å². The first-order valence-electron chi connectivity index (χ1n) is 7.57. The molecule has 0 aliphatic rings. The van der Waals surface area contributed by atoms with Crippen molar-refractivity contribution < 1.29 is 4.74 Å². The van der Waals surface area contributed by atoms with Crippen molar-refractivity contribution in [3.8, 4) is 16.9 Å². The molecule has 0 fully saturated rings. The molecule has 0 atom stereocenters. The van der Waals surface area contributed by atoms with E-state index in [0.717, 1.165) is 22.4 Å². The summed E-state index contributed by atoms with van der Waals surface area (Å²) in [5, 5.41) is 2.79. The molecule has 0 unspecified atom stereocenters. The summed E-state index contributed by atoms with van der Waals surface area (Å²) >= 11 is 0. The zero-order valence-corrected chi connectivity index (χ0v) is 13.5. The van der Waals surface area contributed by atoms with E-state index in [-0.39, 0.29) is 0 Å². The molecular formula is C20H17NO3. The van der Waals surface area contributed by atoms with E-state index in [1.165, 1.54) is 0 Å². The van der Waals surface area contributed by atoms with Crippen molar-refractivity contribution in [2.24, 2.45) is 0 Å². The number of benzene rings is 2. The molecule has 0 amide bonds. The number of nitrogens with one attached hydrogen (secondary N) is 1. The van der Waals surface area contributed by atoms with Gasteiger partial charge in [0.05, 0.1) is 18.4 Å². The fourth-order valence-electron chi connectivity index (χ4n) is 2.57. The van der Waals surface area contributed by atoms with Crippen LogP contribution in [0, 0.1) is 0 Å². The lowest BCUT2D eigenvalue weighted by Gasteiger charge is -2.10. The Morgan fingerprint density at radius 1 is 0.833 bits per heavy atom. The van der Waals surface area contributed by atoms with Gasteiger partial charge in [-0.05, 0) is 28.8 Å². The molecule has 120 valence electrons. The van der Waals surface area contributed by atoms with Crippen LogP contribution in [0.5, 0.6) is 5.75 Å². The van der Waals surface area contributed by atoms with Gasteiger partial charge < -0.3 is 10.1 Å². The molecule has 0 saturated carbocycles. The van der Waals surface area contributed by atoms with Gasteiger partial charge in [-0.1, -0.05) is 48.6 Å². The Hall–Kier alpha value is -3.14. The van der Waals surface area contributed by atoms with E-state index in [9.17, 15) is 9.59 Å². The molecule has 1 N–H and O–H groups in total. The molecule has 3 aromatic carbocycles. The molecule has 3 aromatic rings. The molecule has 4 nitrogen and oxygen atoms in total. The van der Waals surface area contributed by atoms with Crippen LogP contribution in [-0.2, 0) is 0 Å². The summed E-state index contributed by atoms with van der Waals surface area (Å²) in [4.78, 5) is 23.2. The minimum Gasteiger partial charge on any atom is -0.497 e. The third-order valence-corrected chi connectivity index (χ3v) is 3.94. The Balaban J connectivity index is 1.79. The van der Waals surface area contributed by atoms with Crippen LogP contribution in [0.25, 0.3) is 23.3 Å². The molecule has 0 aromatic heterocycles. The summed E-state index contributed by atoms with van der Waals surface area (Å²) in [6.07, 6.45) is 4.00. The lowest BCUT2D eigenvalue weighted by atomic mass is 9.97. The quantitative estimate of drug-likeness (QED) is 0.580. The smallest absolute Gasteiger partial charge is 0.250 e. The third kappa shape index (κ3) is 2.86. The van der Waals surface area contributed by atoms with Gasteiger partial charge in [0.15, 0.2) is 0 Å². The molecule has 0 aliphatic carbocycles. The summed E-state index contributed by atoms with van der Waals surface area (Å²) in [6, 6.07) is 15.3. The average Bonchev–Trinajstić information content (AvgIpc) is 2.64. The van der Waals surface area contributed by atoms with E-state index < -0.39 is 10.9 Å². The molecule has 0 radical (unpaired) electrons. The van der Waals surface area contributed by atoms with E-state index >= 15 is 0 Å². The first-order chi connectivity index (χ1) is 11.6. The molecule has 0 spiro atoms. The van der Waals surface area contributed by atoms with Gasteiger partial charge in [-0.2, -0.15) is 0 Å². The second kappa shape index (κ2) is 6.54. The van der Waals surface area contributed by atoms with Crippen LogP contribution in [-0.4, -0.2) is 14.2 Å². The van der Waals surface area contributed by atoms with Crippen molar-refractivity contribution in [2.75, 3.05) is 19.5 Å². The van der Waals surface area contributed by atoms with E-state index in [1.807, 2.05) is 60.7 Å². The second-order valence-corrected chi connectivity index (χ2v) is 5.39. The highest BCUT2D eigenvalue weighted by Gasteiger charge is 2.20. The van der Waals surface area contributed by atoms with E-state index in [2.05, 4.69) is 5.32 Å². The van der Waals surface area contributed by atoms with Crippen molar-refractivity contribution in [1.82, 2.24) is 0 Å². The van der Waals surface area contributed by atoms with Crippen LogP contribution in [0.15, 0.2) is 58.1 Å². The minimum atomic E-state index is -0.448. The van der Waals surface area contributed by atoms with Crippen LogP contribution < -0.4 is 20.9 Å². The van der Waals surface area contributed by atoms with Crippen LogP contribution in [0.2, 0.25) is 0 Å². The highest BCUT2D eigenvalue weighted by molar-refractivity contribution is 5.82. The Kier molecular flexibility index (Phi) is 4.29. The number of ether oxygens (including phenoxy) is 1. The van der Waals surface area contributed by atoms with Gasteiger partial charge in [0.2, 0.25) is 10.9 Å². The Labute approximate surface area is 139 Å². The Morgan fingerprint density at radius 3 is 1.88 bits per heavy atom. The number of rotatable bonds is 5. The van der Waals surface area contributed by atoms with E-state index in [1.54, 1.807) is 14.2 Å². The largest absolute Gasteiger partial charge is 0.497 e. The zero-order valence-electron chi connectivity index (χ0n) is 13.5.